The summed E-state index contributed by atoms with van der Waals surface area (Å²) in [5.41, 5.74) is 4.69. The van der Waals surface area contributed by atoms with Crippen molar-refractivity contribution in [1.82, 2.24) is 9.78 Å². The minimum atomic E-state index is 0.570. The van der Waals surface area contributed by atoms with E-state index in [9.17, 15) is 0 Å². The molecule has 0 saturated heterocycles. The predicted molar refractivity (Wildman–Crippen MR) is 91.7 cm³/mol. The number of halogens is 1. The zero-order valence-corrected chi connectivity index (χ0v) is 13.2. The van der Waals surface area contributed by atoms with Crippen LogP contribution in [0.1, 0.15) is 16.8 Å². The van der Waals surface area contributed by atoms with Crippen molar-refractivity contribution in [2.24, 2.45) is 4.99 Å². The second kappa shape index (κ2) is 6.16. The van der Waals surface area contributed by atoms with Gasteiger partial charge in [-0.3, -0.25) is 4.99 Å². The van der Waals surface area contributed by atoms with E-state index in [-0.39, 0.29) is 0 Å². The molecular weight excluding hydrogens is 294 g/mol. The molecule has 2 aromatic carbocycles. The van der Waals surface area contributed by atoms with Crippen LogP contribution in [0.5, 0.6) is 0 Å². The summed E-state index contributed by atoms with van der Waals surface area (Å²) in [6, 6.07) is 17.8. The number of aliphatic imine (C=N–C) groups is 1. The van der Waals surface area contributed by atoms with Crippen LogP contribution in [0.2, 0.25) is 5.15 Å². The molecule has 0 amide bonds. The van der Waals surface area contributed by atoms with Gasteiger partial charge in [0, 0.05) is 6.21 Å². The highest BCUT2D eigenvalue weighted by Crippen LogP contribution is 2.23. The molecule has 3 rings (SSSR count). The lowest BCUT2D eigenvalue weighted by atomic mass is 10.2. The van der Waals surface area contributed by atoms with Gasteiger partial charge in [0.1, 0.15) is 5.15 Å². The van der Waals surface area contributed by atoms with E-state index >= 15 is 0 Å². The molecule has 4 heteroatoms. The summed E-state index contributed by atoms with van der Waals surface area (Å²) in [5, 5.41) is 5.08. The Balaban J connectivity index is 1.99. The number of para-hydroxylation sites is 2. The second-order valence-corrected chi connectivity index (χ2v) is 5.44. The van der Waals surface area contributed by atoms with Crippen molar-refractivity contribution < 1.29 is 0 Å². The van der Waals surface area contributed by atoms with E-state index in [0.29, 0.717) is 5.15 Å². The van der Waals surface area contributed by atoms with Gasteiger partial charge >= 0.3 is 0 Å². The van der Waals surface area contributed by atoms with Gasteiger partial charge in [-0.2, -0.15) is 5.10 Å². The van der Waals surface area contributed by atoms with Gasteiger partial charge < -0.3 is 0 Å². The maximum absolute atomic E-state index is 6.48. The van der Waals surface area contributed by atoms with E-state index in [1.807, 2.05) is 68.4 Å². The smallest absolute Gasteiger partial charge is 0.141 e. The Morgan fingerprint density at radius 2 is 1.68 bits per heavy atom. The van der Waals surface area contributed by atoms with Gasteiger partial charge in [0.15, 0.2) is 0 Å². The lowest BCUT2D eigenvalue weighted by Crippen LogP contribution is -1.96. The van der Waals surface area contributed by atoms with Gasteiger partial charge in [0.2, 0.25) is 0 Å². The SMILES string of the molecule is Cc1ccccc1N=Cc1c(C)nn(-c2ccccc2)c1Cl. The third-order valence-electron chi connectivity index (χ3n) is 3.50. The molecule has 1 aromatic heterocycles. The normalized spacial score (nSPS) is 11.2. The Bertz CT molecular complexity index is 820. The maximum Gasteiger partial charge on any atom is 0.141 e. The molecule has 0 atom stereocenters. The van der Waals surface area contributed by atoms with Crippen molar-refractivity contribution in [3.63, 3.8) is 0 Å². The molecular formula is C18H16ClN3. The molecule has 0 unspecified atom stereocenters. The van der Waals surface area contributed by atoms with E-state index in [2.05, 4.69) is 10.1 Å². The third kappa shape index (κ3) is 2.81. The number of hydrogen-bond acceptors (Lipinski definition) is 2. The lowest BCUT2D eigenvalue weighted by molar-refractivity contribution is 0.863. The first-order valence-corrected chi connectivity index (χ1v) is 7.45. The number of hydrogen-bond donors (Lipinski definition) is 0. The summed E-state index contributed by atoms with van der Waals surface area (Å²) in [7, 11) is 0. The van der Waals surface area contributed by atoms with Crippen LogP contribution in [0, 0.1) is 13.8 Å². The number of rotatable bonds is 3. The molecule has 3 aromatic rings. The quantitative estimate of drug-likeness (QED) is 0.633. The lowest BCUT2D eigenvalue weighted by Gasteiger charge is -2.02. The fraction of sp³-hybridized carbons (Fsp3) is 0.111. The summed E-state index contributed by atoms with van der Waals surface area (Å²) in [5.74, 6) is 0. The first-order valence-electron chi connectivity index (χ1n) is 7.07. The number of aryl methyl sites for hydroxylation is 2. The molecule has 0 N–H and O–H groups in total. The summed E-state index contributed by atoms with van der Waals surface area (Å²) in [4.78, 5) is 4.54. The van der Waals surface area contributed by atoms with Crippen molar-refractivity contribution in [3.8, 4) is 5.69 Å². The van der Waals surface area contributed by atoms with Crippen molar-refractivity contribution in [2.45, 2.75) is 13.8 Å². The topological polar surface area (TPSA) is 30.2 Å². The Kier molecular flexibility index (Phi) is 4.07. The first-order chi connectivity index (χ1) is 10.7. The Hall–Kier alpha value is -2.39. The van der Waals surface area contributed by atoms with Crippen LogP contribution in [0.25, 0.3) is 5.69 Å². The highest BCUT2D eigenvalue weighted by atomic mass is 35.5. The molecule has 1 heterocycles. The summed E-state index contributed by atoms with van der Waals surface area (Å²) < 4.78 is 1.73. The minimum absolute atomic E-state index is 0.570. The third-order valence-corrected chi connectivity index (χ3v) is 3.86. The zero-order chi connectivity index (χ0) is 15.5. The first kappa shape index (κ1) is 14.5. The van der Waals surface area contributed by atoms with Crippen molar-refractivity contribution in [1.29, 1.82) is 0 Å². The van der Waals surface area contributed by atoms with E-state index in [1.165, 1.54) is 0 Å². The molecule has 0 aliphatic rings. The van der Waals surface area contributed by atoms with E-state index in [0.717, 1.165) is 28.2 Å². The molecule has 22 heavy (non-hydrogen) atoms. The summed E-state index contributed by atoms with van der Waals surface area (Å²) in [6.45, 7) is 3.97. The highest BCUT2D eigenvalue weighted by Gasteiger charge is 2.12. The molecule has 0 saturated carbocycles. The highest BCUT2D eigenvalue weighted by molar-refractivity contribution is 6.32. The summed E-state index contributed by atoms with van der Waals surface area (Å²) >= 11 is 6.48. The van der Waals surface area contributed by atoms with Crippen molar-refractivity contribution in [3.05, 3.63) is 76.6 Å². The Morgan fingerprint density at radius 3 is 2.41 bits per heavy atom. The predicted octanol–water partition coefficient (Wildman–Crippen LogP) is 4.89. The van der Waals surface area contributed by atoms with Crippen LogP contribution in [0.3, 0.4) is 0 Å². The number of benzene rings is 2. The van der Waals surface area contributed by atoms with Crippen molar-refractivity contribution in [2.75, 3.05) is 0 Å². The molecule has 0 bridgehead atoms. The van der Waals surface area contributed by atoms with Gasteiger partial charge in [0.05, 0.1) is 22.6 Å². The largest absolute Gasteiger partial charge is 0.256 e. The minimum Gasteiger partial charge on any atom is -0.256 e. The molecule has 0 fully saturated rings. The second-order valence-electron chi connectivity index (χ2n) is 5.08. The molecule has 0 aliphatic heterocycles. The van der Waals surface area contributed by atoms with Gasteiger partial charge in [-0.05, 0) is 37.6 Å². The standard InChI is InChI=1S/C18H16ClN3/c1-13-8-6-7-11-17(13)20-12-16-14(2)21-22(18(16)19)15-9-4-3-5-10-15/h3-12H,1-2H3. The van der Waals surface area contributed by atoms with Crippen LogP contribution >= 0.6 is 11.6 Å². The average molecular weight is 310 g/mol. The van der Waals surface area contributed by atoms with Crippen molar-refractivity contribution >= 4 is 23.5 Å². The molecule has 0 radical (unpaired) electrons. The average Bonchev–Trinajstić information content (AvgIpc) is 2.82. The van der Waals surface area contributed by atoms with Gasteiger partial charge in [-0.15, -0.1) is 0 Å². The van der Waals surface area contributed by atoms with Gasteiger partial charge in [-0.1, -0.05) is 48.0 Å². The van der Waals surface area contributed by atoms with Crippen LogP contribution in [0.15, 0.2) is 59.6 Å². The zero-order valence-electron chi connectivity index (χ0n) is 12.5. The number of aromatic nitrogens is 2. The Labute approximate surface area is 134 Å². The molecule has 0 aliphatic carbocycles. The monoisotopic (exact) mass is 309 g/mol. The molecule has 3 nitrogen and oxygen atoms in total. The van der Waals surface area contributed by atoms with Crippen LogP contribution in [0.4, 0.5) is 5.69 Å². The Morgan fingerprint density at radius 1 is 1.00 bits per heavy atom. The van der Waals surface area contributed by atoms with E-state index in [4.69, 9.17) is 11.6 Å². The maximum atomic E-state index is 6.48. The fourth-order valence-corrected chi connectivity index (χ4v) is 2.56. The van der Waals surface area contributed by atoms with E-state index < -0.39 is 0 Å². The van der Waals surface area contributed by atoms with Crippen LogP contribution in [-0.2, 0) is 0 Å². The summed E-state index contributed by atoms with van der Waals surface area (Å²) in [6.07, 6.45) is 1.78. The molecule has 110 valence electrons. The van der Waals surface area contributed by atoms with E-state index in [1.54, 1.807) is 10.9 Å². The van der Waals surface area contributed by atoms with Gasteiger partial charge in [0.25, 0.3) is 0 Å². The fourth-order valence-electron chi connectivity index (χ4n) is 2.24. The van der Waals surface area contributed by atoms with Crippen LogP contribution in [-0.4, -0.2) is 16.0 Å². The molecule has 0 spiro atoms. The van der Waals surface area contributed by atoms with Gasteiger partial charge in [-0.25, -0.2) is 4.68 Å². The van der Waals surface area contributed by atoms with Crippen LogP contribution < -0.4 is 0 Å². The number of nitrogens with zero attached hydrogens (tertiary/aromatic N) is 3.